The van der Waals surface area contributed by atoms with Crippen molar-refractivity contribution in [1.29, 1.82) is 0 Å². The minimum Gasteiger partial charge on any atom is -0.348 e. The topological polar surface area (TPSA) is 58.2 Å². The molecule has 1 aromatic carbocycles. The van der Waals surface area contributed by atoms with E-state index in [4.69, 9.17) is 0 Å². The third-order valence-electron chi connectivity index (χ3n) is 3.31. The molecular weight excluding hydrogens is 284 g/mol. The predicted octanol–water partition coefficient (Wildman–Crippen LogP) is 3.14. The van der Waals surface area contributed by atoms with Gasteiger partial charge in [0.15, 0.2) is 0 Å². The van der Waals surface area contributed by atoms with E-state index in [-0.39, 0.29) is 23.8 Å². The molecule has 0 radical (unpaired) electrons. The Labute approximate surface area is 128 Å². The summed E-state index contributed by atoms with van der Waals surface area (Å²) in [6.07, 6.45) is 0. The molecule has 0 unspecified atom stereocenters. The van der Waals surface area contributed by atoms with Crippen LogP contribution in [0.2, 0.25) is 0 Å². The van der Waals surface area contributed by atoms with E-state index in [0.717, 1.165) is 5.69 Å². The number of carbonyl (C=O) groups excluding carboxylic acids is 2. The normalized spacial score (nSPS) is 13.2. The van der Waals surface area contributed by atoms with Crippen molar-refractivity contribution >= 4 is 28.8 Å². The van der Waals surface area contributed by atoms with Crippen molar-refractivity contribution in [3.63, 3.8) is 0 Å². The Morgan fingerprint density at radius 3 is 2.38 bits per heavy atom. The summed E-state index contributed by atoms with van der Waals surface area (Å²) in [6.45, 7) is 3.64. The van der Waals surface area contributed by atoms with Crippen LogP contribution in [0.15, 0.2) is 47.8 Å². The van der Waals surface area contributed by atoms with E-state index in [2.05, 4.69) is 10.6 Å². The zero-order valence-electron chi connectivity index (χ0n) is 12.0. The molecule has 0 bridgehead atoms. The number of carbonyl (C=O) groups is 2. The van der Waals surface area contributed by atoms with E-state index < -0.39 is 0 Å². The molecule has 4 nitrogen and oxygen atoms in total. The van der Waals surface area contributed by atoms with Crippen LogP contribution in [0.4, 0.5) is 5.69 Å². The summed E-state index contributed by atoms with van der Waals surface area (Å²) < 4.78 is 0. The lowest BCUT2D eigenvalue weighted by atomic mass is 10.0. The second-order valence-corrected chi connectivity index (χ2v) is 5.83. The van der Waals surface area contributed by atoms with Crippen LogP contribution in [0.3, 0.4) is 0 Å². The fourth-order valence-corrected chi connectivity index (χ4v) is 2.44. The van der Waals surface area contributed by atoms with E-state index >= 15 is 0 Å². The third kappa shape index (κ3) is 4.16. The molecule has 0 aliphatic heterocycles. The van der Waals surface area contributed by atoms with Crippen LogP contribution in [0.25, 0.3) is 0 Å². The molecule has 2 atom stereocenters. The van der Waals surface area contributed by atoms with Gasteiger partial charge in [0, 0.05) is 11.7 Å². The van der Waals surface area contributed by atoms with E-state index in [1.807, 2.05) is 48.7 Å². The van der Waals surface area contributed by atoms with E-state index in [1.54, 1.807) is 13.0 Å². The largest absolute Gasteiger partial charge is 0.348 e. The number of para-hydroxylation sites is 1. The van der Waals surface area contributed by atoms with Crippen LogP contribution in [-0.4, -0.2) is 17.9 Å². The monoisotopic (exact) mass is 302 g/mol. The number of thiophene rings is 1. The van der Waals surface area contributed by atoms with Crippen molar-refractivity contribution in [2.24, 2.45) is 5.92 Å². The summed E-state index contributed by atoms with van der Waals surface area (Å²) in [5, 5.41) is 7.55. The minimum absolute atomic E-state index is 0.111. The van der Waals surface area contributed by atoms with Crippen LogP contribution >= 0.6 is 11.3 Å². The molecule has 0 fully saturated rings. The molecule has 1 aromatic heterocycles. The lowest BCUT2D eigenvalue weighted by molar-refractivity contribution is -0.120. The lowest BCUT2D eigenvalue weighted by Gasteiger charge is -2.20. The number of hydrogen-bond donors (Lipinski definition) is 2. The molecular formula is C16H18N2O2S. The molecule has 0 saturated carbocycles. The molecule has 0 aliphatic carbocycles. The Hall–Kier alpha value is -2.14. The highest BCUT2D eigenvalue weighted by Gasteiger charge is 2.22. The van der Waals surface area contributed by atoms with Crippen LogP contribution < -0.4 is 10.6 Å². The van der Waals surface area contributed by atoms with Gasteiger partial charge in [0.1, 0.15) is 0 Å². The van der Waals surface area contributed by atoms with Gasteiger partial charge >= 0.3 is 0 Å². The Bertz CT molecular complexity index is 596. The summed E-state index contributed by atoms with van der Waals surface area (Å²) >= 11 is 1.38. The van der Waals surface area contributed by atoms with Crippen molar-refractivity contribution in [2.75, 3.05) is 5.32 Å². The van der Waals surface area contributed by atoms with Crippen LogP contribution in [0.1, 0.15) is 23.5 Å². The maximum Gasteiger partial charge on any atom is 0.261 e. The molecule has 0 saturated heterocycles. The van der Waals surface area contributed by atoms with Gasteiger partial charge < -0.3 is 10.6 Å². The van der Waals surface area contributed by atoms with Gasteiger partial charge in [-0.2, -0.15) is 0 Å². The van der Waals surface area contributed by atoms with Crippen molar-refractivity contribution < 1.29 is 9.59 Å². The molecule has 0 spiro atoms. The molecule has 2 amide bonds. The predicted molar refractivity (Wildman–Crippen MR) is 85.5 cm³/mol. The number of nitrogens with one attached hydrogen (secondary N) is 2. The zero-order valence-corrected chi connectivity index (χ0v) is 12.8. The smallest absolute Gasteiger partial charge is 0.261 e. The highest BCUT2D eigenvalue weighted by atomic mass is 32.1. The zero-order chi connectivity index (χ0) is 15.2. The molecule has 5 heteroatoms. The Morgan fingerprint density at radius 1 is 1.05 bits per heavy atom. The lowest BCUT2D eigenvalue weighted by Crippen LogP contribution is -2.41. The summed E-state index contributed by atoms with van der Waals surface area (Å²) in [4.78, 5) is 24.8. The number of rotatable bonds is 5. The average molecular weight is 302 g/mol. The highest BCUT2D eigenvalue weighted by Crippen LogP contribution is 2.12. The summed E-state index contributed by atoms with van der Waals surface area (Å²) in [7, 11) is 0. The van der Waals surface area contributed by atoms with Crippen LogP contribution in [0.5, 0.6) is 0 Å². The number of hydrogen-bond acceptors (Lipinski definition) is 3. The quantitative estimate of drug-likeness (QED) is 0.891. The first kappa shape index (κ1) is 15.3. The Kier molecular flexibility index (Phi) is 5.11. The highest BCUT2D eigenvalue weighted by molar-refractivity contribution is 7.12. The molecule has 0 aliphatic rings. The second-order valence-electron chi connectivity index (χ2n) is 4.88. The first-order valence-electron chi connectivity index (χ1n) is 6.78. The van der Waals surface area contributed by atoms with Gasteiger partial charge in [0.25, 0.3) is 5.91 Å². The standard InChI is InChI=1S/C16H18N2O2S/c1-11(15(19)18-13-7-4-3-5-8-13)12(2)17-16(20)14-9-6-10-21-14/h3-12H,1-2H3,(H,17,20)(H,18,19)/t11-,12-/m0/s1. The van der Waals surface area contributed by atoms with Crippen molar-refractivity contribution in [3.05, 3.63) is 52.7 Å². The maximum atomic E-state index is 12.2. The van der Waals surface area contributed by atoms with E-state index in [1.165, 1.54) is 11.3 Å². The van der Waals surface area contributed by atoms with Crippen LogP contribution in [-0.2, 0) is 4.79 Å². The first-order chi connectivity index (χ1) is 10.1. The maximum absolute atomic E-state index is 12.2. The van der Waals surface area contributed by atoms with Gasteiger partial charge in [0.2, 0.25) is 5.91 Å². The molecule has 2 N–H and O–H groups in total. The fourth-order valence-electron chi connectivity index (χ4n) is 1.82. The fraction of sp³-hybridized carbons (Fsp3) is 0.250. The minimum atomic E-state index is -0.325. The van der Waals surface area contributed by atoms with Gasteiger partial charge in [0.05, 0.1) is 10.8 Å². The van der Waals surface area contributed by atoms with E-state index in [9.17, 15) is 9.59 Å². The molecule has 110 valence electrons. The van der Waals surface area contributed by atoms with Gasteiger partial charge in [-0.3, -0.25) is 9.59 Å². The molecule has 2 rings (SSSR count). The summed E-state index contributed by atoms with van der Waals surface area (Å²) in [6, 6.07) is 12.6. The average Bonchev–Trinajstić information content (AvgIpc) is 3.01. The van der Waals surface area contributed by atoms with Gasteiger partial charge in [-0.25, -0.2) is 0 Å². The Balaban J connectivity index is 1.91. The second kappa shape index (κ2) is 7.04. The third-order valence-corrected chi connectivity index (χ3v) is 4.18. The summed E-state index contributed by atoms with van der Waals surface area (Å²) in [5.74, 6) is -0.578. The van der Waals surface area contributed by atoms with E-state index in [0.29, 0.717) is 4.88 Å². The Morgan fingerprint density at radius 2 is 1.76 bits per heavy atom. The van der Waals surface area contributed by atoms with Crippen molar-refractivity contribution in [1.82, 2.24) is 5.32 Å². The first-order valence-corrected chi connectivity index (χ1v) is 7.66. The van der Waals surface area contributed by atoms with Crippen molar-refractivity contribution in [2.45, 2.75) is 19.9 Å². The number of anilines is 1. The summed E-state index contributed by atoms with van der Waals surface area (Å²) in [5.41, 5.74) is 0.756. The molecule has 21 heavy (non-hydrogen) atoms. The van der Waals surface area contributed by atoms with Gasteiger partial charge in [-0.05, 0) is 30.5 Å². The van der Waals surface area contributed by atoms with Crippen molar-refractivity contribution in [3.8, 4) is 0 Å². The number of amides is 2. The molecule has 1 heterocycles. The SMILES string of the molecule is C[C@H](NC(=O)c1cccs1)[C@H](C)C(=O)Nc1ccccc1. The van der Waals surface area contributed by atoms with Crippen LogP contribution in [0, 0.1) is 5.92 Å². The number of benzene rings is 1. The van der Waals surface area contributed by atoms with Gasteiger partial charge in [-0.1, -0.05) is 31.2 Å². The van der Waals surface area contributed by atoms with Gasteiger partial charge in [-0.15, -0.1) is 11.3 Å². The molecule has 2 aromatic rings.